The Labute approximate surface area is 87.9 Å². The van der Waals surface area contributed by atoms with Crippen LogP contribution in [-0.2, 0) is 22.7 Å². The van der Waals surface area contributed by atoms with E-state index in [0.717, 1.165) is 12.8 Å². The molecule has 2 N–H and O–H groups in total. The van der Waals surface area contributed by atoms with Crippen molar-refractivity contribution in [2.45, 2.75) is 32.0 Å². The van der Waals surface area contributed by atoms with E-state index in [2.05, 4.69) is 8.83 Å². The minimum absolute atomic E-state index is 0.106. The monoisotopic (exact) mass is 260 g/mol. The number of rotatable bonds is 5. The molecule has 0 bridgehead atoms. The summed E-state index contributed by atoms with van der Waals surface area (Å²) in [5.74, 6) is 0. The fraction of sp³-hybridized carbons (Fsp3) is 1.00. The van der Waals surface area contributed by atoms with Gasteiger partial charge in [0.2, 0.25) is 0 Å². The Morgan fingerprint density at radius 2 is 2.27 bits per heavy atom. The predicted octanol–water partition coefficient (Wildman–Crippen LogP) is 1.07. The second-order valence-electron chi connectivity index (χ2n) is 3.27. The molecule has 0 aromatic rings. The van der Waals surface area contributed by atoms with Crippen LogP contribution in [0, 0.1) is 0 Å². The Bertz CT molecular complexity index is 281. The fourth-order valence-electron chi connectivity index (χ4n) is 1.31. The Kier molecular flexibility index (Phi) is 4.93. The van der Waals surface area contributed by atoms with E-state index in [-0.39, 0.29) is 18.8 Å². The van der Waals surface area contributed by atoms with E-state index in [4.69, 9.17) is 14.5 Å². The molecular weight excluding hydrogens is 246 g/mol. The molecule has 1 saturated heterocycles. The first-order valence-corrected chi connectivity index (χ1v) is 7.20. The molecule has 1 fully saturated rings. The third-order valence-corrected chi connectivity index (χ3v) is 3.96. The van der Waals surface area contributed by atoms with Gasteiger partial charge in [-0.1, -0.05) is 0 Å². The normalized spacial score (nSPS) is 32.5. The van der Waals surface area contributed by atoms with Crippen LogP contribution in [-0.4, -0.2) is 28.6 Å². The Hall–Kier alpha value is 0.260. The summed E-state index contributed by atoms with van der Waals surface area (Å²) in [7, 11) is -7.89. The van der Waals surface area contributed by atoms with Gasteiger partial charge in [0.25, 0.3) is 0 Å². The zero-order valence-electron chi connectivity index (χ0n) is 8.16. The molecule has 3 unspecified atom stereocenters. The van der Waals surface area contributed by atoms with Gasteiger partial charge in [0.05, 0.1) is 18.8 Å². The second-order valence-corrected chi connectivity index (χ2v) is 5.72. The van der Waals surface area contributed by atoms with Gasteiger partial charge >= 0.3 is 16.1 Å². The first kappa shape index (κ1) is 13.3. The molecule has 7 nitrogen and oxygen atoms in total. The molecular formula is C6H14O7P2. The molecule has 90 valence electrons. The van der Waals surface area contributed by atoms with E-state index < -0.39 is 16.1 Å². The van der Waals surface area contributed by atoms with Crippen LogP contribution in [0.15, 0.2) is 0 Å². The predicted molar refractivity (Wildman–Crippen MR) is 51.7 cm³/mol. The van der Waals surface area contributed by atoms with E-state index in [1.54, 1.807) is 0 Å². The van der Waals surface area contributed by atoms with Gasteiger partial charge in [0, 0.05) is 0 Å². The van der Waals surface area contributed by atoms with Gasteiger partial charge in [0.1, 0.15) is 0 Å². The van der Waals surface area contributed by atoms with Crippen molar-refractivity contribution in [3.8, 4) is 0 Å². The summed E-state index contributed by atoms with van der Waals surface area (Å²) in [6, 6.07) is 0. The van der Waals surface area contributed by atoms with E-state index in [1.165, 1.54) is 0 Å². The van der Waals surface area contributed by atoms with Crippen molar-refractivity contribution in [2.24, 2.45) is 0 Å². The average molecular weight is 260 g/mol. The molecule has 1 rings (SSSR count). The van der Waals surface area contributed by atoms with Gasteiger partial charge < -0.3 is 14.5 Å². The average Bonchev–Trinajstić information content (AvgIpc) is 2.46. The molecule has 0 amide bonds. The lowest BCUT2D eigenvalue weighted by molar-refractivity contribution is 0.0192. The van der Waals surface area contributed by atoms with Crippen LogP contribution >= 0.6 is 16.1 Å². The largest absolute Gasteiger partial charge is 0.479 e. The topological polar surface area (TPSA) is 102 Å². The number of hydrogen-bond donors (Lipinski definition) is 2. The van der Waals surface area contributed by atoms with Crippen molar-refractivity contribution in [3.05, 3.63) is 0 Å². The molecule has 0 spiro atoms. The first-order valence-electron chi connectivity index (χ1n) is 4.44. The Morgan fingerprint density at radius 1 is 1.60 bits per heavy atom. The van der Waals surface area contributed by atoms with Crippen LogP contribution in [0.3, 0.4) is 0 Å². The van der Waals surface area contributed by atoms with Crippen molar-refractivity contribution in [1.82, 2.24) is 0 Å². The minimum atomic E-state index is -4.42. The highest BCUT2D eigenvalue weighted by molar-refractivity contribution is 7.55. The summed E-state index contributed by atoms with van der Waals surface area (Å²) in [5.41, 5.74) is 0. The quantitative estimate of drug-likeness (QED) is 0.712. The lowest BCUT2D eigenvalue weighted by atomic mass is 10.2. The summed E-state index contributed by atoms with van der Waals surface area (Å²) in [6.45, 7) is 1.77. The molecule has 1 aliphatic rings. The van der Waals surface area contributed by atoms with Crippen LogP contribution < -0.4 is 0 Å². The fourth-order valence-corrected chi connectivity index (χ4v) is 2.67. The zero-order chi connectivity index (χ0) is 11.5. The van der Waals surface area contributed by atoms with Gasteiger partial charge in [-0.2, -0.15) is 0 Å². The standard InChI is InChI=1S/C6H14O7P2/c1-5-2-3-6(12-5)4-11-15(9,10)13-14(7)8/h5-6,14H,2-4H2,1H3,(H,7,8)(H,9,10)/t5?,6-/m0/s1. The lowest BCUT2D eigenvalue weighted by Crippen LogP contribution is -2.15. The highest BCUT2D eigenvalue weighted by atomic mass is 31.2. The number of ether oxygens (including phenoxy) is 1. The summed E-state index contributed by atoms with van der Waals surface area (Å²) in [6.07, 6.45) is 1.44. The molecule has 15 heavy (non-hydrogen) atoms. The van der Waals surface area contributed by atoms with E-state index in [1.807, 2.05) is 6.92 Å². The van der Waals surface area contributed by atoms with Crippen molar-refractivity contribution in [3.63, 3.8) is 0 Å². The third-order valence-electron chi connectivity index (χ3n) is 1.94. The Balaban J connectivity index is 2.29. The minimum Gasteiger partial charge on any atom is -0.373 e. The summed E-state index contributed by atoms with van der Waals surface area (Å²) in [4.78, 5) is 17.2. The molecule has 1 heterocycles. The maximum Gasteiger partial charge on any atom is 0.479 e. The molecule has 0 aromatic heterocycles. The van der Waals surface area contributed by atoms with Gasteiger partial charge in [-0.25, -0.2) is 8.88 Å². The Morgan fingerprint density at radius 3 is 2.73 bits per heavy atom. The SMILES string of the molecule is CC1CC[C@@H](COP(=O)(O)O[PH](=O)O)O1. The molecule has 0 aliphatic carbocycles. The molecule has 0 radical (unpaired) electrons. The zero-order valence-corrected chi connectivity index (χ0v) is 10.1. The third kappa shape index (κ3) is 5.22. The molecule has 9 heteroatoms. The first-order chi connectivity index (χ1) is 6.89. The molecule has 0 aromatic carbocycles. The van der Waals surface area contributed by atoms with Crippen molar-refractivity contribution in [2.75, 3.05) is 6.61 Å². The van der Waals surface area contributed by atoms with Crippen LogP contribution in [0.1, 0.15) is 19.8 Å². The van der Waals surface area contributed by atoms with Crippen molar-refractivity contribution < 1.29 is 32.5 Å². The maximum absolute atomic E-state index is 11.0. The van der Waals surface area contributed by atoms with E-state index in [0.29, 0.717) is 0 Å². The van der Waals surface area contributed by atoms with Crippen molar-refractivity contribution >= 4 is 16.1 Å². The van der Waals surface area contributed by atoms with E-state index in [9.17, 15) is 9.13 Å². The number of hydrogen-bond acceptors (Lipinski definition) is 5. The highest BCUT2D eigenvalue weighted by Gasteiger charge is 2.28. The van der Waals surface area contributed by atoms with Crippen LogP contribution in [0.25, 0.3) is 0 Å². The van der Waals surface area contributed by atoms with Gasteiger partial charge in [-0.15, -0.1) is 0 Å². The van der Waals surface area contributed by atoms with Gasteiger partial charge in [-0.05, 0) is 19.8 Å². The highest BCUT2D eigenvalue weighted by Crippen LogP contribution is 2.50. The van der Waals surface area contributed by atoms with Gasteiger partial charge in [-0.3, -0.25) is 9.09 Å². The van der Waals surface area contributed by atoms with Crippen LogP contribution in [0.4, 0.5) is 0 Å². The lowest BCUT2D eigenvalue weighted by Gasteiger charge is -2.14. The summed E-state index contributed by atoms with van der Waals surface area (Å²) >= 11 is 0. The van der Waals surface area contributed by atoms with Crippen molar-refractivity contribution in [1.29, 1.82) is 0 Å². The molecule has 0 saturated carbocycles. The molecule has 4 atom stereocenters. The number of phosphoric acid groups is 1. The number of phosphoric ester groups is 1. The smallest absolute Gasteiger partial charge is 0.373 e. The summed E-state index contributed by atoms with van der Waals surface area (Å²) < 4.78 is 34.8. The summed E-state index contributed by atoms with van der Waals surface area (Å²) in [5, 5.41) is 0. The van der Waals surface area contributed by atoms with E-state index >= 15 is 0 Å². The molecule has 1 aliphatic heterocycles. The van der Waals surface area contributed by atoms with Crippen LogP contribution in [0.2, 0.25) is 0 Å². The second kappa shape index (κ2) is 5.55. The maximum atomic E-state index is 11.0. The van der Waals surface area contributed by atoms with Crippen LogP contribution in [0.5, 0.6) is 0 Å². The van der Waals surface area contributed by atoms with Gasteiger partial charge in [0.15, 0.2) is 0 Å².